The highest BCUT2D eigenvalue weighted by Gasteiger charge is 2.25. The van der Waals surface area contributed by atoms with Crippen molar-refractivity contribution in [2.45, 2.75) is 18.4 Å². The van der Waals surface area contributed by atoms with Crippen LogP contribution in [0, 0.1) is 0 Å². The van der Waals surface area contributed by atoms with Crippen LogP contribution in [0.2, 0.25) is 0 Å². The Kier molecular flexibility index (Phi) is 7.07. The summed E-state index contributed by atoms with van der Waals surface area (Å²) < 4.78 is 27.9. The lowest BCUT2D eigenvalue weighted by molar-refractivity contribution is 0.0764. The lowest BCUT2D eigenvalue weighted by Gasteiger charge is -2.24. The molecular formula is C23H24N2O3S2. The van der Waals surface area contributed by atoms with E-state index in [2.05, 4.69) is 6.58 Å². The van der Waals surface area contributed by atoms with Gasteiger partial charge in [-0.2, -0.15) is 0 Å². The first-order valence-electron chi connectivity index (χ1n) is 9.57. The number of hydrogen-bond donors (Lipinski definition) is 0. The monoisotopic (exact) mass is 440 g/mol. The third-order valence-electron chi connectivity index (χ3n) is 4.56. The number of anilines is 1. The summed E-state index contributed by atoms with van der Waals surface area (Å²) in [4.78, 5) is 15.9. The molecule has 0 saturated carbocycles. The minimum Gasteiger partial charge on any atom is -0.330 e. The van der Waals surface area contributed by atoms with E-state index in [0.29, 0.717) is 24.3 Å². The quantitative estimate of drug-likeness (QED) is 0.450. The van der Waals surface area contributed by atoms with Crippen molar-refractivity contribution in [1.29, 1.82) is 0 Å². The molecule has 0 N–H and O–H groups in total. The SMILES string of the molecule is C=CCN(Cc1cccs1)C(=O)c1cccc(S(=O)(=O)N(CC)c2ccccc2)c1. The van der Waals surface area contributed by atoms with Crippen molar-refractivity contribution in [3.8, 4) is 0 Å². The predicted molar refractivity (Wildman–Crippen MR) is 122 cm³/mol. The largest absolute Gasteiger partial charge is 0.330 e. The van der Waals surface area contributed by atoms with E-state index in [0.717, 1.165) is 4.88 Å². The number of nitrogens with zero attached hydrogens (tertiary/aromatic N) is 2. The lowest BCUT2D eigenvalue weighted by Crippen LogP contribution is -2.32. The van der Waals surface area contributed by atoms with Crippen molar-refractivity contribution >= 4 is 33.0 Å². The van der Waals surface area contributed by atoms with Crippen LogP contribution in [0.4, 0.5) is 5.69 Å². The molecule has 0 atom stereocenters. The molecule has 0 aliphatic carbocycles. The van der Waals surface area contributed by atoms with Crippen molar-refractivity contribution in [2.75, 3.05) is 17.4 Å². The first-order valence-corrected chi connectivity index (χ1v) is 11.9. The van der Waals surface area contributed by atoms with Crippen LogP contribution in [-0.4, -0.2) is 32.3 Å². The summed E-state index contributed by atoms with van der Waals surface area (Å²) in [5, 5.41) is 1.96. The van der Waals surface area contributed by atoms with Crippen molar-refractivity contribution < 1.29 is 13.2 Å². The van der Waals surface area contributed by atoms with Crippen LogP contribution in [0.1, 0.15) is 22.2 Å². The summed E-state index contributed by atoms with van der Waals surface area (Å²) in [5.41, 5.74) is 0.918. The molecule has 0 aliphatic heterocycles. The Bertz CT molecular complexity index is 1090. The fourth-order valence-electron chi connectivity index (χ4n) is 3.15. The van der Waals surface area contributed by atoms with Crippen LogP contribution in [0.15, 0.2) is 89.7 Å². The van der Waals surface area contributed by atoms with Crippen molar-refractivity contribution in [2.24, 2.45) is 0 Å². The van der Waals surface area contributed by atoms with E-state index in [-0.39, 0.29) is 17.3 Å². The lowest BCUT2D eigenvalue weighted by atomic mass is 10.2. The first kappa shape index (κ1) is 21.8. The van der Waals surface area contributed by atoms with Crippen LogP contribution in [-0.2, 0) is 16.6 Å². The van der Waals surface area contributed by atoms with Gasteiger partial charge in [0.1, 0.15) is 0 Å². The van der Waals surface area contributed by atoms with Crippen LogP contribution in [0.3, 0.4) is 0 Å². The van der Waals surface area contributed by atoms with Gasteiger partial charge in [-0.05, 0) is 48.7 Å². The Labute approximate surface area is 181 Å². The number of sulfonamides is 1. The number of carbonyl (C=O) groups excluding carboxylic acids is 1. The van der Waals surface area contributed by atoms with E-state index in [9.17, 15) is 13.2 Å². The smallest absolute Gasteiger partial charge is 0.264 e. The van der Waals surface area contributed by atoms with Gasteiger partial charge >= 0.3 is 0 Å². The third-order valence-corrected chi connectivity index (χ3v) is 7.32. The maximum atomic E-state index is 13.3. The Morgan fingerprint density at radius 3 is 2.47 bits per heavy atom. The van der Waals surface area contributed by atoms with E-state index in [1.807, 2.05) is 23.6 Å². The second kappa shape index (κ2) is 9.73. The van der Waals surface area contributed by atoms with Gasteiger partial charge in [0.25, 0.3) is 15.9 Å². The Morgan fingerprint density at radius 2 is 1.83 bits per heavy atom. The van der Waals surface area contributed by atoms with Gasteiger partial charge in [0.15, 0.2) is 0 Å². The first-order chi connectivity index (χ1) is 14.5. The maximum Gasteiger partial charge on any atom is 0.264 e. The summed E-state index contributed by atoms with van der Waals surface area (Å²) >= 11 is 1.57. The molecule has 0 fully saturated rings. The molecule has 30 heavy (non-hydrogen) atoms. The molecule has 0 saturated heterocycles. The van der Waals surface area contributed by atoms with Gasteiger partial charge in [-0.15, -0.1) is 17.9 Å². The topological polar surface area (TPSA) is 57.7 Å². The van der Waals surface area contributed by atoms with Crippen LogP contribution in [0.5, 0.6) is 0 Å². The molecule has 2 aromatic carbocycles. The Morgan fingerprint density at radius 1 is 1.07 bits per heavy atom. The maximum absolute atomic E-state index is 13.3. The van der Waals surface area contributed by atoms with Crippen molar-refractivity contribution in [3.05, 3.63) is 95.2 Å². The van der Waals surface area contributed by atoms with E-state index >= 15 is 0 Å². The van der Waals surface area contributed by atoms with Crippen molar-refractivity contribution in [3.63, 3.8) is 0 Å². The third kappa shape index (κ3) is 4.80. The van der Waals surface area contributed by atoms with E-state index in [1.165, 1.54) is 16.4 Å². The minimum atomic E-state index is -3.80. The molecule has 0 unspecified atom stereocenters. The van der Waals surface area contributed by atoms with Crippen LogP contribution < -0.4 is 4.31 Å². The van der Waals surface area contributed by atoms with Gasteiger partial charge < -0.3 is 4.90 Å². The summed E-state index contributed by atoms with van der Waals surface area (Å²) in [6, 6.07) is 19.1. The number of para-hydroxylation sites is 1. The Balaban J connectivity index is 1.92. The standard InChI is InChI=1S/C23H24N2O3S2/c1-3-15-24(18-21-13-9-16-29-21)23(26)19-10-8-14-22(17-19)30(27,28)25(4-2)20-11-6-5-7-12-20/h3,5-14,16-17H,1,4,15,18H2,2H3. The molecule has 0 radical (unpaired) electrons. The van der Waals surface area contributed by atoms with E-state index in [4.69, 9.17) is 0 Å². The summed E-state index contributed by atoms with van der Waals surface area (Å²) in [6.07, 6.45) is 1.67. The highest BCUT2D eigenvalue weighted by atomic mass is 32.2. The molecule has 0 spiro atoms. The molecule has 0 bridgehead atoms. The zero-order chi connectivity index (χ0) is 21.6. The van der Waals surface area contributed by atoms with Gasteiger partial charge in [0, 0.05) is 23.5 Å². The average Bonchev–Trinajstić information content (AvgIpc) is 3.27. The molecule has 7 heteroatoms. The number of rotatable bonds is 9. The highest BCUT2D eigenvalue weighted by molar-refractivity contribution is 7.92. The summed E-state index contributed by atoms with van der Waals surface area (Å²) in [5.74, 6) is -0.233. The predicted octanol–water partition coefficient (Wildman–Crippen LogP) is 4.79. The highest BCUT2D eigenvalue weighted by Crippen LogP contribution is 2.24. The number of carbonyl (C=O) groups is 1. The zero-order valence-corrected chi connectivity index (χ0v) is 18.4. The molecular weight excluding hydrogens is 416 g/mol. The summed E-state index contributed by atoms with van der Waals surface area (Å²) in [6.45, 7) is 6.63. The van der Waals surface area contributed by atoms with Gasteiger partial charge in [0.2, 0.25) is 0 Å². The van der Waals surface area contributed by atoms with Gasteiger partial charge in [-0.3, -0.25) is 9.10 Å². The molecule has 5 nitrogen and oxygen atoms in total. The van der Waals surface area contributed by atoms with Gasteiger partial charge in [-0.1, -0.05) is 36.4 Å². The molecule has 1 heterocycles. The Hall–Kier alpha value is -2.90. The van der Waals surface area contributed by atoms with Crippen LogP contribution in [0.25, 0.3) is 0 Å². The minimum absolute atomic E-state index is 0.0914. The number of benzene rings is 2. The molecule has 3 aromatic rings. The molecule has 1 amide bonds. The van der Waals surface area contributed by atoms with E-state index in [1.54, 1.807) is 65.6 Å². The van der Waals surface area contributed by atoms with Crippen LogP contribution >= 0.6 is 11.3 Å². The molecule has 156 valence electrons. The van der Waals surface area contributed by atoms with Gasteiger partial charge in [-0.25, -0.2) is 8.42 Å². The van der Waals surface area contributed by atoms with Crippen molar-refractivity contribution in [1.82, 2.24) is 4.90 Å². The number of thiophene rings is 1. The van der Waals surface area contributed by atoms with E-state index < -0.39 is 10.0 Å². The van der Waals surface area contributed by atoms with Gasteiger partial charge in [0.05, 0.1) is 17.1 Å². The molecule has 3 rings (SSSR count). The average molecular weight is 441 g/mol. The molecule has 0 aliphatic rings. The fourth-order valence-corrected chi connectivity index (χ4v) is 5.39. The number of amides is 1. The number of hydrogen-bond acceptors (Lipinski definition) is 4. The normalized spacial score (nSPS) is 11.1. The fraction of sp³-hybridized carbons (Fsp3) is 0.174. The molecule has 1 aromatic heterocycles. The second-order valence-electron chi connectivity index (χ2n) is 6.59. The summed E-state index contributed by atoms with van der Waals surface area (Å²) in [7, 11) is -3.80. The second-order valence-corrected chi connectivity index (χ2v) is 9.48. The zero-order valence-electron chi connectivity index (χ0n) is 16.8.